The largest absolute Gasteiger partial charge is 0.0853 e. The third-order valence-corrected chi connectivity index (χ3v) is 2.97. The van der Waals surface area contributed by atoms with Crippen LogP contribution >= 0.6 is 0 Å². The molecule has 0 heteroatoms. The van der Waals surface area contributed by atoms with Gasteiger partial charge < -0.3 is 0 Å². The third kappa shape index (κ3) is 2.08. The molecule has 0 amide bonds. The molecule has 0 fully saturated rings. The molecule has 1 unspecified atom stereocenters. The van der Waals surface area contributed by atoms with Crippen molar-refractivity contribution in [1.29, 1.82) is 0 Å². The number of hydrogen-bond acceptors (Lipinski definition) is 0. The Bertz CT molecular complexity index is 153. The maximum atomic E-state index is 2.42. The Morgan fingerprint density at radius 1 is 1.45 bits per heavy atom. The zero-order chi connectivity index (χ0) is 8.43. The summed E-state index contributed by atoms with van der Waals surface area (Å²) in [7, 11) is 0. The van der Waals surface area contributed by atoms with Gasteiger partial charge in [0.05, 0.1) is 0 Å². The lowest BCUT2D eigenvalue weighted by Crippen LogP contribution is -2.20. The highest BCUT2D eigenvalue weighted by atomic mass is 14.3. The molecule has 0 N–H and O–H groups in total. The van der Waals surface area contributed by atoms with Crippen molar-refractivity contribution < 1.29 is 0 Å². The highest BCUT2D eigenvalue weighted by Gasteiger charge is 2.22. The first-order valence-electron chi connectivity index (χ1n) is 4.77. The minimum atomic E-state index is 0.856. The van der Waals surface area contributed by atoms with E-state index < -0.39 is 0 Å². The van der Waals surface area contributed by atoms with Gasteiger partial charge in [0.25, 0.3) is 0 Å². The Hall–Kier alpha value is -0.260. The van der Waals surface area contributed by atoms with E-state index in [2.05, 4.69) is 33.8 Å². The summed E-state index contributed by atoms with van der Waals surface area (Å²) in [5, 5.41) is 0. The van der Waals surface area contributed by atoms with Crippen LogP contribution in [0.1, 0.15) is 40.5 Å². The molecule has 0 saturated carbocycles. The second-order valence-corrected chi connectivity index (χ2v) is 4.38. The van der Waals surface area contributed by atoms with Crippen molar-refractivity contribution in [2.45, 2.75) is 40.5 Å². The third-order valence-electron chi connectivity index (χ3n) is 2.97. The summed E-state index contributed by atoms with van der Waals surface area (Å²) < 4.78 is 0. The van der Waals surface area contributed by atoms with Crippen LogP contribution in [0.3, 0.4) is 0 Å². The van der Waals surface area contributed by atoms with Gasteiger partial charge in [-0.25, -0.2) is 0 Å². The maximum absolute atomic E-state index is 2.42. The van der Waals surface area contributed by atoms with Gasteiger partial charge in [-0.05, 0) is 37.5 Å². The predicted octanol–water partition coefficient (Wildman–Crippen LogP) is 3.63. The molecule has 64 valence electrons. The lowest BCUT2D eigenvalue weighted by atomic mass is 9.75. The molecule has 1 aliphatic rings. The molecule has 0 nitrogen and oxygen atoms in total. The Morgan fingerprint density at radius 2 is 2.09 bits per heavy atom. The van der Waals surface area contributed by atoms with Crippen LogP contribution in [0.2, 0.25) is 0 Å². The molecule has 0 radical (unpaired) electrons. The van der Waals surface area contributed by atoms with Crippen molar-refractivity contribution in [2.24, 2.45) is 17.8 Å². The van der Waals surface area contributed by atoms with Gasteiger partial charge >= 0.3 is 0 Å². The SMILES string of the molecule is CC1=CCC(C(C)C)[C@@H](C)C1. The first-order chi connectivity index (χ1) is 5.11. The van der Waals surface area contributed by atoms with Crippen LogP contribution in [0.15, 0.2) is 11.6 Å². The summed E-state index contributed by atoms with van der Waals surface area (Å²) >= 11 is 0. The zero-order valence-corrected chi connectivity index (χ0v) is 8.22. The smallest absolute Gasteiger partial charge is 0.0294 e. The van der Waals surface area contributed by atoms with Crippen LogP contribution in [0.4, 0.5) is 0 Å². The quantitative estimate of drug-likeness (QED) is 0.503. The lowest BCUT2D eigenvalue weighted by molar-refractivity contribution is 0.259. The minimum Gasteiger partial charge on any atom is -0.0853 e. The fraction of sp³-hybridized carbons (Fsp3) is 0.818. The monoisotopic (exact) mass is 152 g/mol. The molecule has 0 aromatic rings. The van der Waals surface area contributed by atoms with Gasteiger partial charge in [0, 0.05) is 0 Å². The van der Waals surface area contributed by atoms with E-state index >= 15 is 0 Å². The van der Waals surface area contributed by atoms with Crippen molar-refractivity contribution in [1.82, 2.24) is 0 Å². The summed E-state index contributed by atoms with van der Waals surface area (Å²) in [6.45, 7) is 9.33. The average Bonchev–Trinajstić information content (AvgIpc) is 1.85. The van der Waals surface area contributed by atoms with Crippen LogP contribution in [-0.4, -0.2) is 0 Å². The molecule has 0 aliphatic heterocycles. The summed E-state index contributed by atoms with van der Waals surface area (Å²) in [4.78, 5) is 0. The molecular formula is C11H20. The molecule has 0 spiro atoms. The highest BCUT2D eigenvalue weighted by molar-refractivity contribution is 5.05. The average molecular weight is 152 g/mol. The van der Waals surface area contributed by atoms with Gasteiger partial charge in [-0.15, -0.1) is 0 Å². The molecule has 0 aromatic carbocycles. The van der Waals surface area contributed by atoms with E-state index in [1.807, 2.05) is 0 Å². The van der Waals surface area contributed by atoms with Gasteiger partial charge in [-0.2, -0.15) is 0 Å². The number of hydrogen-bond donors (Lipinski definition) is 0. The summed E-state index contributed by atoms with van der Waals surface area (Å²) in [6.07, 6.45) is 5.05. The molecule has 0 bridgehead atoms. The molecular weight excluding hydrogens is 132 g/mol. The first kappa shape index (κ1) is 8.83. The molecule has 0 heterocycles. The molecule has 0 saturated heterocycles. The van der Waals surface area contributed by atoms with Gasteiger partial charge in [-0.1, -0.05) is 32.4 Å². The number of allylic oxidation sites excluding steroid dienone is 2. The van der Waals surface area contributed by atoms with Gasteiger partial charge in [-0.3, -0.25) is 0 Å². The van der Waals surface area contributed by atoms with Crippen molar-refractivity contribution in [3.63, 3.8) is 0 Å². The second kappa shape index (κ2) is 3.42. The first-order valence-corrected chi connectivity index (χ1v) is 4.77. The fourth-order valence-electron chi connectivity index (χ4n) is 2.24. The van der Waals surface area contributed by atoms with Crippen molar-refractivity contribution >= 4 is 0 Å². The van der Waals surface area contributed by atoms with Gasteiger partial charge in [0.15, 0.2) is 0 Å². The second-order valence-electron chi connectivity index (χ2n) is 4.38. The lowest BCUT2D eigenvalue weighted by Gasteiger charge is -2.30. The minimum absolute atomic E-state index is 0.856. The topological polar surface area (TPSA) is 0 Å². The Kier molecular flexibility index (Phi) is 2.75. The van der Waals surface area contributed by atoms with E-state index in [0.717, 1.165) is 17.8 Å². The molecule has 11 heavy (non-hydrogen) atoms. The summed E-state index contributed by atoms with van der Waals surface area (Å²) in [5.41, 5.74) is 1.59. The van der Waals surface area contributed by atoms with E-state index in [4.69, 9.17) is 0 Å². The van der Waals surface area contributed by atoms with Crippen molar-refractivity contribution in [3.8, 4) is 0 Å². The highest BCUT2D eigenvalue weighted by Crippen LogP contribution is 2.33. The molecule has 0 aromatic heterocycles. The Morgan fingerprint density at radius 3 is 2.55 bits per heavy atom. The van der Waals surface area contributed by atoms with Crippen molar-refractivity contribution in [3.05, 3.63) is 11.6 Å². The summed E-state index contributed by atoms with van der Waals surface area (Å²) in [5.74, 6) is 2.69. The van der Waals surface area contributed by atoms with E-state index in [0.29, 0.717) is 0 Å². The van der Waals surface area contributed by atoms with E-state index in [-0.39, 0.29) is 0 Å². The standard InChI is InChI=1S/C11H20/c1-8(2)11-6-5-9(3)7-10(11)4/h5,8,10-11H,6-7H2,1-4H3/t10-,11?/m0/s1. The van der Waals surface area contributed by atoms with E-state index in [9.17, 15) is 0 Å². The Labute approximate surface area is 70.7 Å². The Balaban J connectivity index is 2.58. The van der Waals surface area contributed by atoms with Crippen LogP contribution in [0.5, 0.6) is 0 Å². The van der Waals surface area contributed by atoms with Gasteiger partial charge in [0.1, 0.15) is 0 Å². The molecule has 1 aliphatic carbocycles. The predicted molar refractivity (Wildman–Crippen MR) is 50.5 cm³/mol. The van der Waals surface area contributed by atoms with Crippen LogP contribution in [0, 0.1) is 17.8 Å². The molecule has 2 atom stereocenters. The van der Waals surface area contributed by atoms with Gasteiger partial charge in [0.2, 0.25) is 0 Å². The van der Waals surface area contributed by atoms with E-state index in [1.54, 1.807) is 5.57 Å². The normalized spacial score (nSPS) is 32.3. The van der Waals surface area contributed by atoms with Crippen LogP contribution in [-0.2, 0) is 0 Å². The maximum Gasteiger partial charge on any atom is -0.0294 e. The zero-order valence-electron chi connectivity index (χ0n) is 8.22. The van der Waals surface area contributed by atoms with Crippen LogP contribution < -0.4 is 0 Å². The summed E-state index contributed by atoms with van der Waals surface area (Å²) in [6, 6.07) is 0. The van der Waals surface area contributed by atoms with Crippen LogP contribution in [0.25, 0.3) is 0 Å². The number of rotatable bonds is 1. The van der Waals surface area contributed by atoms with Crippen molar-refractivity contribution in [2.75, 3.05) is 0 Å². The molecule has 1 rings (SSSR count). The van der Waals surface area contributed by atoms with E-state index in [1.165, 1.54) is 12.8 Å². The fourth-order valence-corrected chi connectivity index (χ4v) is 2.24.